The normalized spacial score (nSPS) is 23.3. The number of aliphatic carboxylic acids is 1. The van der Waals surface area contributed by atoms with Crippen LogP contribution in [-0.4, -0.2) is 35.1 Å². The molecule has 0 aliphatic carbocycles. The molecule has 1 aliphatic heterocycles. The van der Waals surface area contributed by atoms with Gasteiger partial charge in [-0.1, -0.05) is 20.3 Å². The summed E-state index contributed by atoms with van der Waals surface area (Å²) in [6.45, 7) is 6.59. The fraction of sp³-hybridized carbons (Fsp3) is 0.917. The summed E-state index contributed by atoms with van der Waals surface area (Å²) in [5, 5.41) is 8.83. The number of likely N-dealkylation sites (tertiary alicyclic amines) is 1. The molecule has 1 unspecified atom stereocenters. The molecule has 1 fully saturated rings. The topological polar surface area (TPSA) is 40.5 Å². The van der Waals surface area contributed by atoms with E-state index in [1.54, 1.807) is 0 Å². The van der Waals surface area contributed by atoms with Gasteiger partial charge in [-0.05, 0) is 38.3 Å². The fourth-order valence-electron chi connectivity index (χ4n) is 2.21. The second kappa shape index (κ2) is 6.11. The molecule has 1 rings (SSSR count). The van der Waals surface area contributed by atoms with Gasteiger partial charge < -0.3 is 5.11 Å². The van der Waals surface area contributed by atoms with E-state index in [0.717, 1.165) is 19.5 Å². The standard InChI is InChI=1S/C12H23NO2/c1-10(2)6-8-13-7-4-3-5-11(13)9-12(14)15/h10-11H,3-9H2,1-2H3,(H,14,15). The maximum Gasteiger partial charge on any atom is 0.304 e. The first kappa shape index (κ1) is 12.5. The van der Waals surface area contributed by atoms with E-state index in [-0.39, 0.29) is 6.04 Å². The van der Waals surface area contributed by atoms with Crippen LogP contribution in [0.3, 0.4) is 0 Å². The Morgan fingerprint density at radius 3 is 2.80 bits per heavy atom. The van der Waals surface area contributed by atoms with Gasteiger partial charge in [0.1, 0.15) is 0 Å². The quantitative estimate of drug-likeness (QED) is 0.762. The molecule has 0 amide bonds. The summed E-state index contributed by atoms with van der Waals surface area (Å²) < 4.78 is 0. The Bertz CT molecular complexity index is 204. The monoisotopic (exact) mass is 213 g/mol. The Morgan fingerprint density at radius 2 is 2.20 bits per heavy atom. The number of hydrogen-bond acceptors (Lipinski definition) is 2. The minimum absolute atomic E-state index is 0.287. The first-order chi connectivity index (χ1) is 7.09. The predicted molar refractivity (Wildman–Crippen MR) is 60.9 cm³/mol. The summed E-state index contributed by atoms with van der Waals surface area (Å²) >= 11 is 0. The van der Waals surface area contributed by atoms with Crippen molar-refractivity contribution < 1.29 is 9.90 Å². The largest absolute Gasteiger partial charge is 0.481 e. The third-order valence-corrected chi connectivity index (χ3v) is 3.15. The van der Waals surface area contributed by atoms with Gasteiger partial charge in [0.2, 0.25) is 0 Å². The summed E-state index contributed by atoms with van der Waals surface area (Å²) in [4.78, 5) is 13.1. The highest BCUT2D eigenvalue weighted by molar-refractivity contribution is 5.67. The third-order valence-electron chi connectivity index (χ3n) is 3.15. The third kappa shape index (κ3) is 4.65. The lowest BCUT2D eigenvalue weighted by Gasteiger charge is -2.35. The molecular formula is C12H23NO2. The van der Waals surface area contributed by atoms with Crippen LogP contribution < -0.4 is 0 Å². The van der Waals surface area contributed by atoms with Crippen LogP contribution in [0.5, 0.6) is 0 Å². The second-order valence-electron chi connectivity index (χ2n) is 4.97. The molecule has 1 heterocycles. The molecule has 1 aliphatic rings. The maximum atomic E-state index is 10.7. The van der Waals surface area contributed by atoms with Crippen LogP contribution in [-0.2, 0) is 4.79 Å². The van der Waals surface area contributed by atoms with Crippen molar-refractivity contribution in [3.8, 4) is 0 Å². The molecule has 3 heteroatoms. The summed E-state index contributed by atoms with van der Waals surface area (Å²) in [6, 6.07) is 0.287. The molecule has 0 aromatic carbocycles. The van der Waals surface area contributed by atoms with E-state index in [1.807, 2.05) is 0 Å². The van der Waals surface area contributed by atoms with Crippen molar-refractivity contribution in [2.24, 2.45) is 5.92 Å². The molecule has 15 heavy (non-hydrogen) atoms. The summed E-state index contributed by atoms with van der Waals surface area (Å²) in [7, 11) is 0. The Balaban J connectivity index is 2.39. The summed E-state index contributed by atoms with van der Waals surface area (Å²) in [5.74, 6) is 0.0499. The first-order valence-corrected chi connectivity index (χ1v) is 6.05. The van der Waals surface area contributed by atoms with Gasteiger partial charge in [0.05, 0.1) is 6.42 Å². The van der Waals surface area contributed by atoms with Crippen LogP contribution in [0.1, 0.15) is 46.0 Å². The predicted octanol–water partition coefficient (Wildman–Crippen LogP) is 2.36. The van der Waals surface area contributed by atoms with Gasteiger partial charge in [-0.25, -0.2) is 0 Å². The zero-order valence-corrected chi connectivity index (χ0v) is 9.91. The highest BCUT2D eigenvalue weighted by atomic mass is 16.4. The number of nitrogens with zero attached hydrogens (tertiary/aromatic N) is 1. The number of piperidine rings is 1. The second-order valence-corrected chi connectivity index (χ2v) is 4.97. The van der Waals surface area contributed by atoms with E-state index >= 15 is 0 Å². The molecule has 1 saturated heterocycles. The van der Waals surface area contributed by atoms with Crippen LogP contribution in [0.15, 0.2) is 0 Å². The summed E-state index contributed by atoms with van der Waals surface area (Å²) in [6.07, 6.45) is 4.98. The van der Waals surface area contributed by atoms with Crippen LogP contribution in [0, 0.1) is 5.92 Å². The number of hydrogen-bond donors (Lipinski definition) is 1. The smallest absolute Gasteiger partial charge is 0.304 e. The highest BCUT2D eigenvalue weighted by Gasteiger charge is 2.24. The van der Waals surface area contributed by atoms with Crippen molar-refractivity contribution in [1.82, 2.24) is 4.90 Å². The molecule has 0 aromatic rings. The zero-order chi connectivity index (χ0) is 11.3. The molecule has 0 spiro atoms. The van der Waals surface area contributed by atoms with E-state index in [9.17, 15) is 4.79 Å². The van der Waals surface area contributed by atoms with E-state index < -0.39 is 5.97 Å². The lowest BCUT2D eigenvalue weighted by Crippen LogP contribution is -2.41. The van der Waals surface area contributed by atoms with Crippen molar-refractivity contribution >= 4 is 5.97 Å². The van der Waals surface area contributed by atoms with Gasteiger partial charge in [0.15, 0.2) is 0 Å². The molecule has 0 bridgehead atoms. The summed E-state index contributed by atoms with van der Waals surface area (Å²) in [5.41, 5.74) is 0. The molecule has 3 nitrogen and oxygen atoms in total. The first-order valence-electron chi connectivity index (χ1n) is 6.05. The SMILES string of the molecule is CC(C)CCN1CCCCC1CC(=O)O. The van der Waals surface area contributed by atoms with Crippen molar-refractivity contribution in [2.45, 2.75) is 52.0 Å². The molecule has 1 N–H and O–H groups in total. The lowest BCUT2D eigenvalue weighted by molar-refractivity contribution is -0.138. The minimum Gasteiger partial charge on any atom is -0.481 e. The van der Waals surface area contributed by atoms with Crippen molar-refractivity contribution in [3.05, 3.63) is 0 Å². The lowest BCUT2D eigenvalue weighted by atomic mass is 9.98. The van der Waals surface area contributed by atoms with E-state index in [4.69, 9.17) is 5.11 Å². The number of carbonyl (C=O) groups is 1. The Morgan fingerprint density at radius 1 is 1.47 bits per heavy atom. The Kier molecular flexibility index (Phi) is 5.09. The number of rotatable bonds is 5. The average molecular weight is 213 g/mol. The van der Waals surface area contributed by atoms with Crippen molar-refractivity contribution in [3.63, 3.8) is 0 Å². The molecule has 88 valence electrons. The van der Waals surface area contributed by atoms with Gasteiger partial charge in [0, 0.05) is 6.04 Å². The highest BCUT2D eigenvalue weighted by Crippen LogP contribution is 2.20. The minimum atomic E-state index is -0.656. The van der Waals surface area contributed by atoms with Crippen molar-refractivity contribution in [1.29, 1.82) is 0 Å². The van der Waals surface area contributed by atoms with E-state index in [2.05, 4.69) is 18.7 Å². The van der Waals surface area contributed by atoms with Crippen molar-refractivity contribution in [2.75, 3.05) is 13.1 Å². The molecule has 1 atom stereocenters. The van der Waals surface area contributed by atoms with Gasteiger partial charge in [-0.15, -0.1) is 0 Å². The fourth-order valence-corrected chi connectivity index (χ4v) is 2.21. The van der Waals surface area contributed by atoms with Crippen LogP contribution in [0.25, 0.3) is 0 Å². The Labute approximate surface area is 92.5 Å². The number of carboxylic acids is 1. The van der Waals surface area contributed by atoms with Gasteiger partial charge in [-0.3, -0.25) is 9.69 Å². The maximum absolute atomic E-state index is 10.7. The van der Waals surface area contributed by atoms with E-state index in [0.29, 0.717) is 12.3 Å². The van der Waals surface area contributed by atoms with Crippen LogP contribution in [0.4, 0.5) is 0 Å². The number of carboxylic acid groups (broad SMARTS) is 1. The molecule has 0 aromatic heterocycles. The molecule has 0 saturated carbocycles. The van der Waals surface area contributed by atoms with Crippen LogP contribution in [0.2, 0.25) is 0 Å². The zero-order valence-electron chi connectivity index (χ0n) is 9.91. The van der Waals surface area contributed by atoms with Gasteiger partial charge in [-0.2, -0.15) is 0 Å². The van der Waals surface area contributed by atoms with Gasteiger partial charge >= 0.3 is 5.97 Å². The van der Waals surface area contributed by atoms with Crippen LogP contribution >= 0.6 is 0 Å². The van der Waals surface area contributed by atoms with Gasteiger partial charge in [0.25, 0.3) is 0 Å². The average Bonchev–Trinajstić information content (AvgIpc) is 2.15. The molecular weight excluding hydrogens is 190 g/mol. The van der Waals surface area contributed by atoms with E-state index in [1.165, 1.54) is 19.3 Å². The Hall–Kier alpha value is -0.570. The molecule has 0 radical (unpaired) electrons.